The van der Waals surface area contributed by atoms with Crippen molar-refractivity contribution in [3.8, 4) is 5.75 Å². The number of carboxylic acids is 1. The second kappa shape index (κ2) is 6.01. The Balaban J connectivity index is 2.15. The number of aliphatic carboxylic acids is 1. The number of hydrogen-bond acceptors (Lipinski definition) is 5. The molecule has 0 aliphatic carbocycles. The minimum absolute atomic E-state index is 0.161. The molecule has 0 saturated heterocycles. The van der Waals surface area contributed by atoms with Gasteiger partial charge in [-0.05, 0) is 25.1 Å². The third kappa shape index (κ3) is 3.68. The maximum Gasteiger partial charge on any atom is 0.328 e. The van der Waals surface area contributed by atoms with Gasteiger partial charge >= 0.3 is 5.97 Å². The minimum atomic E-state index is -1.01. The van der Waals surface area contributed by atoms with Crippen molar-refractivity contribution in [2.75, 3.05) is 0 Å². The van der Waals surface area contributed by atoms with E-state index in [0.29, 0.717) is 23.0 Å². The van der Waals surface area contributed by atoms with E-state index in [-0.39, 0.29) is 6.61 Å². The predicted octanol–water partition coefficient (Wildman–Crippen LogP) is 2.36. The average Bonchev–Trinajstić information content (AvgIpc) is 2.81. The molecule has 20 heavy (non-hydrogen) atoms. The Morgan fingerprint density at radius 3 is 2.90 bits per heavy atom. The predicted molar refractivity (Wildman–Crippen MR) is 71.2 cm³/mol. The van der Waals surface area contributed by atoms with E-state index in [1.54, 1.807) is 13.0 Å². The molecule has 1 N–H and O–H groups in total. The molecule has 0 amide bonds. The topological polar surface area (TPSA) is 85.5 Å². The van der Waals surface area contributed by atoms with Gasteiger partial charge in [-0.1, -0.05) is 16.8 Å². The molecular weight excluding hydrogens is 260 g/mol. The first-order chi connectivity index (χ1) is 9.54. The standard InChI is InChI=1S/C14H14N2O4/c1-9-3-5-12(11(7-9)4-6-14(17)18)19-8-13-15-10(2)20-16-13/h3-7H,8H2,1-2H3,(H,17,18). The molecular formula is C14H14N2O4. The number of carbonyl (C=O) groups is 1. The van der Waals surface area contributed by atoms with Crippen LogP contribution >= 0.6 is 0 Å². The fourth-order valence-corrected chi connectivity index (χ4v) is 1.63. The van der Waals surface area contributed by atoms with E-state index in [1.165, 1.54) is 6.08 Å². The number of hydrogen-bond donors (Lipinski definition) is 1. The van der Waals surface area contributed by atoms with Crippen LogP contribution in [0.5, 0.6) is 5.75 Å². The summed E-state index contributed by atoms with van der Waals surface area (Å²) in [5.41, 5.74) is 1.70. The van der Waals surface area contributed by atoms with Crippen molar-refractivity contribution in [3.63, 3.8) is 0 Å². The number of carboxylic acid groups (broad SMARTS) is 1. The van der Waals surface area contributed by atoms with Crippen molar-refractivity contribution in [2.24, 2.45) is 0 Å². The van der Waals surface area contributed by atoms with Crippen LogP contribution in [0.15, 0.2) is 28.8 Å². The van der Waals surface area contributed by atoms with Gasteiger partial charge in [0, 0.05) is 18.6 Å². The lowest BCUT2D eigenvalue weighted by atomic mass is 10.1. The lowest BCUT2D eigenvalue weighted by Crippen LogP contribution is -1.99. The number of benzene rings is 1. The lowest BCUT2D eigenvalue weighted by Gasteiger charge is -2.08. The highest BCUT2D eigenvalue weighted by molar-refractivity contribution is 5.85. The van der Waals surface area contributed by atoms with Crippen LogP contribution in [0.1, 0.15) is 22.8 Å². The van der Waals surface area contributed by atoms with E-state index >= 15 is 0 Å². The Morgan fingerprint density at radius 1 is 1.45 bits per heavy atom. The van der Waals surface area contributed by atoms with E-state index in [1.807, 2.05) is 19.1 Å². The van der Waals surface area contributed by atoms with Crippen LogP contribution in [0.25, 0.3) is 6.08 Å². The first-order valence-corrected chi connectivity index (χ1v) is 5.98. The van der Waals surface area contributed by atoms with Gasteiger partial charge in [0.25, 0.3) is 0 Å². The number of ether oxygens (including phenoxy) is 1. The van der Waals surface area contributed by atoms with Gasteiger partial charge in [0.2, 0.25) is 11.7 Å². The van der Waals surface area contributed by atoms with Crippen molar-refractivity contribution in [1.82, 2.24) is 10.1 Å². The highest BCUT2D eigenvalue weighted by Crippen LogP contribution is 2.22. The van der Waals surface area contributed by atoms with Gasteiger partial charge in [0.05, 0.1) is 0 Å². The molecule has 104 valence electrons. The lowest BCUT2D eigenvalue weighted by molar-refractivity contribution is -0.131. The smallest absolute Gasteiger partial charge is 0.328 e. The second-order valence-electron chi connectivity index (χ2n) is 4.23. The van der Waals surface area contributed by atoms with E-state index in [9.17, 15) is 4.79 Å². The molecule has 0 saturated carbocycles. The zero-order valence-corrected chi connectivity index (χ0v) is 11.2. The molecule has 0 unspecified atom stereocenters. The number of nitrogens with zero attached hydrogens (tertiary/aromatic N) is 2. The van der Waals surface area contributed by atoms with Gasteiger partial charge in [-0.3, -0.25) is 0 Å². The Kier molecular flexibility index (Phi) is 4.14. The van der Waals surface area contributed by atoms with E-state index < -0.39 is 5.97 Å². The molecule has 2 aromatic rings. The first kappa shape index (κ1) is 13.8. The van der Waals surface area contributed by atoms with Crippen LogP contribution in [0.4, 0.5) is 0 Å². The maximum atomic E-state index is 10.6. The van der Waals surface area contributed by atoms with Crippen molar-refractivity contribution >= 4 is 12.0 Å². The average molecular weight is 274 g/mol. The largest absolute Gasteiger partial charge is 0.485 e. The first-order valence-electron chi connectivity index (χ1n) is 5.98. The Hall–Kier alpha value is -2.63. The highest BCUT2D eigenvalue weighted by Gasteiger charge is 2.06. The summed E-state index contributed by atoms with van der Waals surface area (Å²) in [5, 5.41) is 12.4. The van der Waals surface area contributed by atoms with Crippen LogP contribution in [0.3, 0.4) is 0 Å². The molecule has 6 nitrogen and oxygen atoms in total. The molecule has 0 radical (unpaired) electrons. The summed E-state index contributed by atoms with van der Waals surface area (Å²) in [4.78, 5) is 14.6. The molecule has 0 atom stereocenters. The SMILES string of the molecule is Cc1ccc(OCc2noc(C)n2)c(C=CC(=O)O)c1. The van der Waals surface area contributed by atoms with Crippen molar-refractivity contribution in [2.45, 2.75) is 20.5 Å². The molecule has 2 rings (SSSR count). The number of rotatable bonds is 5. The van der Waals surface area contributed by atoms with Gasteiger partial charge in [-0.15, -0.1) is 0 Å². The van der Waals surface area contributed by atoms with E-state index in [2.05, 4.69) is 10.1 Å². The van der Waals surface area contributed by atoms with Gasteiger partial charge in [-0.25, -0.2) is 4.79 Å². The van der Waals surface area contributed by atoms with Crippen LogP contribution < -0.4 is 4.74 Å². The van der Waals surface area contributed by atoms with Gasteiger partial charge in [0.15, 0.2) is 6.61 Å². The molecule has 6 heteroatoms. The quantitative estimate of drug-likeness (QED) is 0.842. The molecule has 0 bridgehead atoms. The van der Waals surface area contributed by atoms with Crippen LogP contribution in [0.2, 0.25) is 0 Å². The summed E-state index contributed by atoms with van der Waals surface area (Å²) in [5.74, 6) is 0.469. The zero-order valence-electron chi connectivity index (χ0n) is 11.2. The van der Waals surface area contributed by atoms with Crippen molar-refractivity contribution < 1.29 is 19.2 Å². The fourth-order valence-electron chi connectivity index (χ4n) is 1.63. The molecule has 0 fully saturated rings. The minimum Gasteiger partial charge on any atom is -0.485 e. The molecule has 1 aromatic heterocycles. The van der Waals surface area contributed by atoms with Crippen LogP contribution in [-0.4, -0.2) is 21.2 Å². The van der Waals surface area contributed by atoms with Gasteiger partial charge in [-0.2, -0.15) is 4.98 Å². The Bertz CT molecular complexity index is 646. The number of aromatic nitrogens is 2. The van der Waals surface area contributed by atoms with Crippen molar-refractivity contribution in [1.29, 1.82) is 0 Å². The summed E-state index contributed by atoms with van der Waals surface area (Å²) in [6.45, 7) is 3.78. The van der Waals surface area contributed by atoms with Gasteiger partial charge < -0.3 is 14.4 Å². The van der Waals surface area contributed by atoms with E-state index in [4.69, 9.17) is 14.4 Å². The Morgan fingerprint density at radius 2 is 2.25 bits per heavy atom. The molecule has 0 spiro atoms. The summed E-state index contributed by atoms with van der Waals surface area (Å²) >= 11 is 0. The van der Waals surface area contributed by atoms with Crippen LogP contribution in [-0.2, 0) is 11.4 Å². The highest BCUT2D eigenvalue weighted by atomic mass is 16.5. The summed E-state index contributed by atoms with van der Waals surface area (Å²) in [7, 11) is 0. The van der Waals surface area contributed by atoms with Gasteiger partial charge in [0.1, 0.15) is 5.75 Å². The van der Waals surface area contributed by atoms with E-state index in [0.717, 1.165) is 11.6 Å². The Labute approximate surface area is 115 Å². The summed E-state index contributed by atoms with van der Waals surface area (Å²) in [6.07, 6.45) is 2.56. The third-order valence-electron chi connectivity index (χ3n) is 2.50. The summed E-state index contributed by atoms with van der Waals surface area (Å²) in [6, 6.07) is 5.51. The third-order valence-corrected chi connectivity index (χ3v) is 2.50. The maximum absolute atomic E-state index is 10.6. The summed E-state index contributed by atoms with van der Waals surface area (Å²) < 4.78 is 10.4. The molecule has 1 heterocycles. The fraction of sp³-hybridized carbons (Fsp3) is 0.214. The monoisotopic (exact) mass is 274 g/mol. The number of aryl methyl sites for hydroxylation is 2. The molecule has 1 aromatic carbocycles. The molecule has 0 aliphatic heterocycles. The second-order valence-corrected chi connectivity index (χ2v) is 4.23. The zero-order chi connectivity index (χ0) is 14.5. The van der Waals surface area contributed by atoms with Crippen molar-refractivity contribution in [3.05, 3.63) is 47.1 Å². The normalized spacial score (nSPS) is 10.9. The van der Waals surface area contributed by atoms with Crippen LogP contribution in [0, 0.1) is 13.8 Å². The molecule has 0 aliphatic rings.